The molecule has 5 heteroatoms. The van der Waals surface area contributed by atoms with E-state index >= 15 is 0 Å². The van der Waals surface area contributed by atoms with Gasteiger partial charge in [-0.25, -0.2) is 0 Å². The first kappa shape index (κ1) is 21.2. The van der Waals surface area contributed by atoms with E-state index in [1.807, 2.05) is 0 Å². The van der Waals surface area contributed by atoms with Gasteiger partial charge in [0.2, 0.25) is 0 Å². The molecule has 0 N–H and O–H groups in total. The van der Waals surface area contributed by atoms with Crippen molar-refractivity contribution >= 4 is 37.2 Å². The summed E-state index contributed by atoms with van der Waals surface area (Å²) >= 11 is 0. The first-order chi connectivity index (χ1) is 8.96. The average molecular weight is 384 g/mol. The normalized spacial score (nSPS) is 32.6. The Kier molecular flexibility index (Phi) is 6.52. The monoisotopic (exact) mass is 384 g/mol. The first-order valence-corrected chi connectivity index (χ1v) is 18.0. The SMILES string of the molecule is CC(C)(C)PP1P(C(C)(C)C)P(C(C)(C)C)P1C(C)(C)C. The molecule has 1 aliphatic rings. The molecule has 0 radical (unpaired) electrons. The second-order valence-electron chi connectivity index (χ2n) is 10.0. The molecule has 0 bridgehead atoms. The summed E-state index contributed by atoms with van der Waals surface area (Å²) in [6.07, 6.45) is 0. The van der Waals surface area contributed by atoms with E-state index in [2.05, 4.69) is 83.1 Å². The Morgan fingerprint density at radius 1 is 0.476 bits per heavy atom. The predicted molar refractivity (Wildman–Crippen MR) is 115 cm³/mol. The summed E-state index contributed by atoms with van der Waals surface area (Å²) < 4.78 is 0. The molecule has 21 heavy (non-hydrogen) atoms. The number of rotatable bonds is 1. The fourth-order valence-electron chi connectivity index (χ4n) is 2.39. The molecular weight excluding hydrogens is 347 g/mol. The van der Waals surface area contributed by atoms with Crippen LogP contribution in [0.5, 0.6) is 0 Å². The molecule has 1 rings (SSSR count). The smallest absolute Gasteiger partial charge is 0.00926 e. The van der Waals surface area contributed by atoms with Gasteiger partial charge in [-0.05, 0) is 49.5 Å². The van der Waals surface area contributed by atoms with Crippen molar-refractivity contribution in [1.29, 1.82) is 0 Å². The Hall–Kier alpha value is 2.15. The summed E-state index contributed by atoms with van der Waals surface area (Å²) in [5.41, 5.74) is 0. The van der Waals surface area contributed by atoms with Crippen LogP contribution in [0.1, 0.15) is 83.1 Å². The zero-order valence-electron chi connectivity index (χ0n) is 16.3. The summed E-state index contributed by atoms with van der Waals surface area (Å²) in [7, 11) is 1.94. The van der Waals surface area contributed by atoms with E-state index in [1.165, 1.54) is 8.27 Å². The van der Waals surface area contributed by atoms with Crippen LogP contribution in [0, 0.1) is 0 Å². The molecule has 1 aliphatic heterocycles. The van der Waals surface area contributed by atoms with Gasteiger partial charge < -0.3 is 0 Å². The molecule has 1 saturated heterocycles. The van der Waals surface area contributed by atoms with Gasteiger partial charge in [0.15, 0.2) is 0 Å². The van der Waals surface area contributed by atoms with Crippen molar-refractivity contribution < 1.29 is 0 Å². The minimum Gasteiger partial charge on any atom is -0.0808 e. The zero-order chi connectivity index (χ0) is 17.0. The van der Waals surface area contributed by atoms with Gasteiger partial charge in [0.1, 0.15) is 0 Å². The third kappa shape index (κ3) is 5.31. The molecule has 3 unspecified atom stereocenters. The fourth-order valence-corrected chi connectivity index (χ4v) is 75.8. The van der Waals surface area contributed by atoms with Crippen molar-refractivity contribution in [3.63, 3.8) is 0 Å². The molecule has 3 atom stereocenters. The second-order valence-corrected chi connectivity index (χ2v) is 35.8. The van der Waals surface area contributed by atoms with Crippen LogP contribution in [0.4, 0.5) is 0 Å². The van der Waals surface area contributed by atoms with E-state index in [0.29, 0.717) is 27.6 Å². The third-order valence-corrected chi connectivity index (χ3v) is 53.0. The van der Waals surface area contributed by atoms with Gasteiger partial charge in [-0.15, -0.1) is 0 Å². The van der Waals surface area contributed by atoms with Crippen molar-refractivity contribution in [1.82, 2.24) is 0 Å². The van der Waals surface area contributed by atoms with Gasteiger partial charge in [0, 0.05) is 0 Å². The van der Waals surface area contributed by atoms with Crippen molar-refractivity contribution in [3.8, 4) is 0 Å². The van der Waals surface area contributed by atoms with Crippen LogP contribution < -0.4 is 0 Å². The van der Waals surface area contributed by atoms with Crippen molar-refractivity contribution in [2.45, 2.75) is 104 Å². The Labute approximate surface area is 141 Å². The lowest BCUT2D eigenvalue weighted by atomic mass is 10.3. The highest BCUT2D eigenvalue weighted by Crippen LogP contribution is 3.29. The Balaban J connectivity index is 3.23. The second kappa shape index (κ2) is 6.46. The van der Waals surface area contributed by atoms with Gasteiger partial charge in [0.25, 0.3) is 0 Å². The Morgan fingerprint density at radius 2 is 0.762 bits per heavy atom. The van der Waals surface area contributed by atoms with E-state index < -0.39 is 0 Å². The largest absolute Gasteiger partial charge is 0.0808 e. The highest BCUT2D eigenvalue weighted by molar-refractivity contribution is 9.18. The Morgan fingerprint density at radius 3 is 0.952 bits per heavy atom. The summed E-state index contributed by atoms with van der Waals surface area (Å²) in [6, 6.07) is 0. The minimum absolute atomic E-state index is 0.231. The summed E-state index contributed by atoms with van der Waals surface area (Å²) in [4.78, 5) is 0. The van der Waals surface area contributed by atoms with E-state index in [1.54, 1.807) is 0 Å². The first-order valence-electron chi connectivity index (χ1n) is 7.94. The standard InChI is InChI=1S/C16H37P5/c1-13(2,3)17-21-19(15(7,8)9)18(14(4,5)6)20(21)16(10,11)12/h17H,1-12H3. The van der Waals surface area contributed by atoms with Crippen LogP contribution in [-0.4, -0.2) is 20.6 Å². The maximum absolute atomic E-state index is 2.54. The van der Waals surface area contributed by atoms with Crippen molar-refractivity contribution in [2.75, 3.05) is 0 Å². The molecule has 1 heterocycles. The lowest BCUT2D eigenvalue weighted by molar-refractivity contribution is 0.776. The fraction of sp³-hybridized carbons (Fsp3) is 1.00. The van der Waals surface area contributed by atoms with E-state index in [9.17, 15) is 0 Å². The molecule has 1 fully saturated rings. The quantitative estimate of drug-likeness (QED) is 0.395. The van der Waals surface area contributed by atoms with Crippen LogP contribution >= 0.6 is 37.2 Å². The number of hydrogen-bond acceptors (Lipinski definition) is 0. The minimum atomic E-state index is 0.231. The molecule has 0 nitrogen and oxygen atoms in total. The van der Waals surface area contributed by atoms with Gasteiger partial charge in [0.05, 0.1) is 0 Å². The molecule has 0 aromatic heterocycles. The van der Waals surface area contributed by atoms with Gasteiger partial charge in [-0.2, -0.15) is 0 Å². The maximum atomic E-state index is 2.54. The van der Waals surface area contributed by atoms with E-state index in [4.69, 9.17) is 0 Å². The molecule has 0 aliphatic carbocycles. The summed E-state index contributed by atoms with van der Waals surface area (Å²) in [6.45, 7) is 30.5. The lowest BCUT2D eigenvalue weighted by Crippen LogP contribution is -2.25. The summed E-state index contributed by atoms with van der Waals surface area (Å²) in [5.74, 6) is 0. The maximum Gasteiger partial charge on any atom is -0.00926 e. The van der Waals surface area contributed by atoms with Crippen LogP contribution in [0.15, 0.2) is 0 Å². The van der Waals surface area contributed by atoms with Crippen LogP contribution in [0.2, 0.25) is 0 Å². The van der Waals surface area contributed by atoms with Gasteiger partial charge in [-0.3, -0.25) is 0 Å². The molecule has 0 aromatic rings. The molecule has 0 saturated carbocycles. The Bertz CT molecular complexity index is 342. The van der Waals surface area contributed by atoms with Crippen molar-refractivity contribution in [3.05, 3.63) is 0 Å². The van der Waals surface area contributed by atoms with E-state index in [-0.39, 0.29) is 21.9 Å². The molecule has 0 spiro atoms. The van der Waals surface area contributed by atoms with Crippen LogP contribution in [0.3, 0.4) is 0 Å². The molecular formula is C16H37P5. The molecule has 0 aromatic carbocycles. The van der Waals surface area contributed by atoms with Crippen LogP contribution in [-0.2, 0) is 0 Å². The van der Waals surface area contributed by atoms with Crippen molar-refractivity contribution in [2.24, 2.45) is 0 Å². The lowest BCUT2D eigenvalue weighted by Gasteiger charge is -2.66. The summed E-state index contributed by atoms with van der Waals surface area (Å²) in [5, 5.41) is 2.20. The molecule has 126 valence electrons. The van der Waals surface area contributed by atoms with Gasteiger partial charge >= 0.3 is 0 Å². The van der Waals surface area contributed by atoms with Gasteiger partial charge in [-0.1, -0.05) is 91.4 Å². The van der Waals surface area contributed by atoms with E-state index in [0.717, 1.165) is 0 Å². The predicted octanol–water partition coefficient (Wildman–Crippen LogP) is 9.38. The zero-order valence-corrected chi connectivity index (χ0v) is 20.9. The number of hydrogen-bond donors (Lipinski definition) is 0. The highest BCUT2D eigenvalue weighted by atomic mass is 33.1. The third-order valence-electron chi connectivity index (χ3n) is 2.95. The molecule has 0 amide bonds. The average Bonchev–Trinajstić information content (AvgIpc) is 2.01. The van der Waals surface area contributed by atoms with Crippen LogP contribution in [0.25, 0.3) is 0 Å². The highest BCUT2D eigenvalue weighted by Gasteiger charge is 2.61. The topological polar surface area (TPSA) is 0 Å².